The number of fused-ring (bicyclic) bond motifs is 12. The van der Waals surface area contributed by atoms with Crippen molar-refractivity contribution in [3.8, 4) is 143 Å². The van der Waals surface area contributed by atoms with Crippen molar-refractivity contribution >= 4 is 0 Å². The van der Waals surface area contributed by atoms with Gasteiger partial charge in [0.25, 0.3) is 0 Å². The van der Waals surface area contributed by atoms with Crippen LogP contribution in [0.5, 0.6) is 69.0 Å². The number of benzene rings is 9. The molecule has 0 atom stereocenters. The number of ether oxygens (including phenoxy) is 12. The third-order valence-electron chi connectivity index (χ3n) is 21.5. The highest BCUT2D eigenvalue weighted by molar-refractivity contribution is 5.62. The van der Waals surface area contributed by atoms with E-state index in [-0.39, 0.29) is 92.0 Å². The average Bonchev–Trinajstić information content (AvgIpc) is 0.762. The van der Waals surface area contributed by atoms with E-state index in [1.54, 1.807) is 39.5 Å². The summed E-state index contributed by atoms with van der Waals surface area (Å²) in [6, 6.07) is 44.7. The number of terminal acetylenes is 6. The van der Waals surface area contributed by atoms with Crippen molar-refractivity contribution in [2.45, 2.75) is 215 Å². The lowest BCUT2D eigenvalue weighted by Crippen LogP contribution is -2.17. The van der Waals surface area contributed by atoms with Gasteiger partial charge in [0.1, 0.15) is 128 Å². The summed E-state index contributed by atoms with van der Waals surface area (Å²) in [5.74, 6) is 23.1. The van der Waals surface area contributed by atoms with Crippen LogP contribution in [0.15, 0.2) is 127 Å². The van der Waals surface area contributed by atoms with E-state index in [2.05, 4.69) is 233 Å². The van der Waals surface area contributed by atoms with Gasteiger partial charge in [0, 0.05) is 56.7 Å². The SMILES string of the molecule is C#CCOc1cc(COc2c3cc(C(C)(C)C)cc2Cc2cc(C(C)(C)C)cc(c2OC)Cc2cc(C(C)(C)C)cc(c2OCc2cc(OCC#C)cc(OCC#C)c2)Cc2cc(C(C)(C)C)cc(c2OC)Cc2cc(C(C)(C)C)cc(c2OCc2cc(OCC#C)cc(OCC#C)c2)Cc2cc(C(C)(C)C)cc(c2OC)C3)cc(OCC#C)c1. The molecule has 12 nitrogen and oxygen atoms in total. The molecule has 1 aliphatic carbocycles. The number of hydrogen-bond donors (Lipinski definition) is 0. The Morgan fingerprint density at radius 3 is 0.475 bits per heavy atom. The third-order valence-corrected chi connectivity index (χ3v) is 21.5. The highest BCUT2D eigenvalue weighted by atomic mass is 16.5. The van der Waals surface area contributed by atoms with Gasteiger partial charge in [-0.25, -0.2) is 0 Å². The first-order chi connectivity index (χ1) is 56.8. The molecule has 0 amide bonds. The van der Waals surface area contributed by atoms with Gasteiger partial charge in [-0.2, -0.15) is 0 Å². The molecule has 0 unspecified atom stereocenters. The summed E-state index contributed by atoms with van der Waals surface area (Å²) in [6.07, 6.45) is 37.1. The topological polar surface area (TPSA) is 111 Å². The fourth-order valence-corrected chi connectivity index (χ4v) is 15.1. The monoisotopic (exact) mass is 1610 g/mol. The van der Waals surface area contributed by atoms with Crippen LogP contribution in [0.1, 0.15) is 241 Å². The lowest BCUT2D eigenvalue weighted by Gasteiger charge is -2.29. The van der Waals surface area contributed by atoms with Crippen LogP contribution in [0.2, 0.25) is 0 Å². The second-order valence-electron chi connectivity index (χ2n) is 37.2. The second-order valence-corrected chi connectivity index (χ2v) is 37.2. The molecule has 0 spiro atoms. The molecule has 0 fully saturated rings. The highest BCUT2D eigenvalue weighted by Crippen LogP contribution is 2.48. The van der Waals surface area contributed by atoms with Crippen LogP contribution in [0, 0.1) is 74.1 Å². The van der Waals surface area contributed by atoms with Crippen molar-refractivity contribution in [3.05, 3.63) is 244 Å². The van der Waals surface area contributed by atoms with E-state index in [4.69, 9.17) is 95.4 Å². The van der Waals surface area contributed by atoms with E-state index in [9.17, 15) is 0 Å². The van der Waals surface area contributed by atoms with Gasteiger partial charge in [-0.1, -0.05) is 233 Å². The minimum Gasteiger partial charge on any atom is -0.496 e. The lowest BCUT2D eigenvalue weighted by atomic mass is 9.79. The van der Waals surface area contributed by atoms with Gasteiger partial charge in [-0.3, -0.25) is 0 Å². The smallest absolute Gasteiger partial charge is 0.148 e. The summed E-state index contributed by atoms with van der Waals surface area (Å²) in [5, 5.41) is 0. The predicted octanol–water partition coefficient (Wildman–Crippen LogP) is 22.2. The molecule has 0 aliphatic heterocycles. The zero-order chi connectivity index (χ0) is 87.2. The fourth-order valence-electron chi connectivity index (χ4n) is 15.1. The van der Waals surface area contributed by atoms with Crippen molar-refractivity contribution in [2.75, 3.05) is 61.0 Å². The Labute approximate surface area is 716 Å². The van der Waals surface area contributed by atoms with Crippen molar-refractivity contribution in [3.63, 3.8) is 0 Å². The maximum atomic E-state index is 7.58. The zero-order valence-electron chi connectivity index (χ0n) is 74.6. The molecule has 1 aliphatic rings. The molecule has 9 aromatic carbocycles. The molecule has 0 heterocycles. The lowest BCUT2D eigenvalue weighted by molar-refractivity contribution is 0.296. The van der Waals surface area contributed by atoms with Crippen LogP contribution in [0.25, 0.3) is 0 Å². The number of hydrogen-bond acceptors (Lipinski definition) is 12. The molecule has 0 aromatic heterocycles. The first kappa shape index (κ1) is 90.3. The van der Waals surface area contributed by atoms with Gasteiger partial charge in [0.2, 0.25) is 0 Å². The quantitative estimate of drug-likeness (QED) is 0.0537. The summed E-state index contributed by atoms with van der Waals surface area (Å²) < 4.78 is 80.2. The van der Waals surface area contributed by atoms with Crippen LogP contribution in [-0.2, 0) is 90.8 Å². The van der Waals surface area contributed by atoms with E-state index >= 15 is 0 Å². The van der Waals surface area contributed by atoms with Gasteiger partial charge < -0.3 is 56.8 Å². The molecule has 120 heavy (non-hydrogen) atoms. The normalized spacial score (nSPS) is 12.4. The fraction of sp³-hybridized carbons (Fsp3) is 0.389. The van der Waals surface area contributed by atoms with Crippen LogP contribution in [0.3, 0.4) is 0 Å². The van der Waals surface area contributed by atoms with Crippen molar-refractivity contribution < 1.29 is 56.8 Å². The highest BCUT2D eigenvalue weighted by Gasteiger charge is 2.32. The first-order valence-electron chi connectivity index (χ1n) is 41.1. The molecule has 0 saturated carbocycles. The third kappa shape index (κ3) is 23.1. The van der Waals surface area contributed by atoms with E-state index < -0.39 is 0 Å². The second kappa shape index (κ2) is 38.3. The van der Waals surface area contributed by atoms with Crippen LogP contribution in [-0.4, -0.2) is 61.0 Å². The summed E-state index contributed by atoms with van der Waals surface area (Å²) in [4.78, 5) is 0. The van der Waals surface area contributed by atoms with Crippen molar-refractivity contribution in [2.24, 2.45) is 0 Å². The summed E-state index contributed by atoms with van der Waals surface area (Å²) in [5.41, 5.74) is 18.3. The molecule has 0 saturated heterocycles. The summed E-state index contributed by atoms with van der Waals surface area (Å²) in [6.45, 7) is 41.2. The van der Waals surface area contributed by atoms with E-state index in [1.807, 2.05) is 36.4 Å². The molecule has 9 aromatic rings. The first-order valence-corrected chi connectivity index (χ1v) is 41.1. The Morgan fingerprint density at radius 2 is 0.350 bits per heavy atom. The van der Waals surface area contributed by atoms with Gasteiger partial charge >= 0.3 is 0 Å². The Balaban J connectivity index is 1.36. The zero-order valence-corrected chi connectivity index (χ0v) is 74.6. The van der Waals surface area contributed by atoms with E-state index in [0.717, 1.165) is 134 Å². The number of rotatable bonds is 24. The molecule has 12 bridgehead atoms. The van der Waals surface area contributed by atoms with E-state index in [1.165, 1.54) is 0 Å². The standard InChI is InChI=1S/C108H120O12/c1-28-34-112-91-40-70(41-92(64-91)113-35-29-2)67-118-100-79-46-73-52-85(103(7,8)9)54-75(97(73)109-25)48-81-60-89(107(19,20)21)62-83(101(81)119-68-71-42-93(114-36-30-3)65-94(43-71)115-37-31-4)50-77-56-87(105(13,14)15)57-78(99(77)111-27)51-84-63-90(108(22,23)24)61-82(102(84)120-69-72-44-95(116-38-32-5)66-96(45-72)117-39-33-6)49-76-55-86(104(10,11)12)53-74(98(76)110-26)47-80(100)59-88(58-79)106(16,17)18/h1-6,40-45,52-66H,34-39,46-51,67-69H2,7-27H3. The number of methoxy groups -OCH3 is 3. The minimum absolute atomic E-state index is 0.0415. The minimum atomic E-state index is -0.364. The van der Waals surface area contributed by atoms with Gasteiger partial charge in [0.05, 0.1) is 21.3 Å². The maximum absolute atomic E-state index is 7.58. The Morgan fingerprint density at radius 1 is 0.208 bits per heavy atom. The van der Waals surface area contributed by atoms with Crippen molar-refractivity contribution in [1.82, 2.24) is 0 Å². The molecule has 624 valence electrons. The Kier molecular flexibility index (Phi) is 28.8. The predicted molar refractivity (Wildman–Crippen MR) is 486 cm³/mol. The summed E-state index contributed by atoms with van der Waals surface area (Å²) in [7, 11) is 5.33. The van der Waals surface area contributed by atoms with Gasteiger partial charge in [0.15, 0.2) is 0 Å². The molecule has 10 rings (SSSR count). The average molecular weight is 1610 g/mol. The maximum Gasteiger partial charge on any atom is 0.148 e. The molecule has 0 N–H and O–H groups in total. The Hall–Kier alpha value is -12.1. The molecular weight excluding hydrogens is 1490 g/mol. The van der Waals surface area contributed by atoms with Crippen LogP contribution >= 0.6 is 0 Å². The largest absolute Gasteiger partial charge is 0.496 e. The van der Waals surface area contributed by atoms with Crippen LogP contribution < -0.4 is 56.8 Å². The van der Waals surface area contributed by atoms with Crippen molar-refractivity contribution in [1.29, 1.82) is 0 Å². The molecule has 0 radical (unpaired) electrons. The van der Waals surface area contributed by atoms with E-state index in [0.29, 0.717) is 90.3 Å². The molecular formula is C108H120O12. The van der Waals surface area contributed by atoms with Gasteiger partial charge in [-0.15, -0.1) is 38.5 Å². The van der Waals surface area contributed by atoms with Gasteiger partial charge in [-0.05, 0) is 186 Å². The molecule has 12 heteroatoms. The Bertz CT molecular complexity index is 4690. The van der Waals surface area contributed by atoms with Crippen LogP contribution in [0.4, 0.5) is 0 Å². The summed E-state index contributed by atoms with van der Waals surface area (Å²) >= 11 is 0.